The lowest BCUT2D eigenvalue weighted by molar-refractivity contribution is -0.147. The molecule has 0 fully saturated rings. The molecule has 0 saturated heterocycles. The zero-order valence-corrected chi connectivity index (χ0v) is 10.2. The molecular formula is C12H12F3N3O. The third kappa shape index (κ3) is 2.86. The molecule has 1 aromatic heterocycles. The molecule has 0 aliphatic carbocycles. The first-order valence-electron chi connectivity index (χ1n) is 5.60. The summed E-state index contributed by atoms with van der Waals surface area (Å²) in [6.07, 6.45) is -4.52. The van der Waals surface area contributed by atoms with Gasteiger partial charge in [0, 0.05) is 6.92 Å². The van der Waals surface area contributed by atoms with Crippen LogP contribution in [0.3, 0.4) is 0 Å². The van der Waals surface area contributed by atoms with Gasteiger partial charge < -0.3 is 9.30 Å². The van der Waals surface area contributed by atoms with E-state index >= 15 is 0 Å². The summed E-state index contributed by atoms with van der Waals surface area (Å²) >= 11 is 0. The molecule has 0 aliphatic heterocycles. The molecular weight excluding hydrogens is 259 g/mol. The van der Waals surface area contributed by atoms with Crippen molar-refractivity contribution in [1.82, 2.24) is 9.55 Å². The normalized spacial score (nSPS) is 11.8. The number of aromatic nitrogens is 2. The molecule has 0 bridgehead atoms. The second kappa shape index (κ2) is 4.91. The van der Waals surface area contributed by atoms with Gasteiger partial charge >= 0.3 is 6.18 Å². The van der Waals surface area contributed by atoms with E-state index in [1.807, 2.05) is 0 Å². The number of benzene rings is 1. The topological polar surface area (TPSA) is 50.9 Å². The minimum Gasteiger partial charge on any atom is -0.480 e. The Morgan fingerprint density at radius 1 is 1.37 bits per heavy atom. The van der Waals surface area contributed by atoms with Crippen LogP contribution in [0.25, 0.3) is 11.0 Å². The van der Waals surface area contributed by atoms with E-state index in [1.54, 1.807) is 18.2 Å². The number of rotatable bonds is 3. The predicted octanol–water partition coefficient (Wildman–Crippen LogP) is 3.07. The van der Waals surface area contributed by atoms with E-state index in [2.05, 4.69) is 4.98 Å². The van der Waals surface area contributed by atoms with Gasteiger partial charge in [0.25, 0.3) is 0 Å². The van der Waals surface area contributed by atoms with Gasteiger partial charge in [-0.15, -0.1) is 0 Å². The lowest BCUT2D eigenvalue weighted by Gasteiger charge is -2.11. The van der Waals surface area contributed by atoms with Gasteiger partial charge in [0.05, 0.1) is 17.6 Å². The Kier molecular flexibility index (Phi) is 3.46. The summed E-state index contributed by atoms with van der Waals surface area (Å²) in [7, 11) is 0. The average molecular weight is 271 g/mol. The molecule has 1 N–H and O–H groups in total. The van der Waals surface area contributed by atoms with E-state index in [0.717, 1.165) is 4.57 Å². The Bertz CT molecular complexity index is 604. The number of ether oxygens (including phenoxy) is 1. The van der Waals surface area contributed by atoms with Gasteiger partial charge in [-0.3, -0.25) is 5.41 Å². The number of fused-ring (bicyclic) bond motifs is 1. The lowest BCUT2D eigenvalue weighted by Crippen LogP contribution is -2.17. The SMILES string of the molecule is CC(=N)OCCn1c(C(F)(F)F)nc2ccccc21. The van der Waals surface area contributed by atoms with Crippen molar-refractivity contribution in [3.63, 3.8) is 0 Å². The van der Waals surface area contributed by atoms with Gasteiger partial charge in [-0.2, -0.15) is 13.2 Å². The van der Waals surface area contributed by atoms with E-state index in [0.29, 0.717) is 11.0 Å². The maximum Gasteiger partial charge on any atom is 0.449 e. The molecule has 7 heteroatoms. The number of nitrogens with one attached hydrogen (secondary N) is 1. The van der Waals surface area contributed by atoms with Crippen LogP contribution in [0, 0.1) is 5.41 Å². The second-order valence-electron chi connectivity index (χ2n) is 3.98. The van der Waals surface area contributed by atoms with Crippen LogP contribution in [0.2, 0.25) is 0 Å². The third-order valence-corrected chi connectivity index (χ3v) is 2.54. The van der Waals surface area contributed by atoms with Crippen molar-refractivity contribution in [1.29, 1.82) is 5.41 Å². The molecule has 0 atom stereocenters. The minimum atomic E-state index is -4.52. The highest BCUT2D eigenvalue weighted by Gasteiger charge is 2.37. The number of nitrogens with zero attached hydrogens (tertiary/aromatic N) is 2. The van der Waals surface area contributed by atoms with Crippen LogP contribution < -0.4 is 0 Å². The number of halogens is 3. The Balaban J connectivity index is 2.40. The van der Waals surface area contributed by atoms with Crippen LogP contribution in [0.4, 0.5) is 13.2 Å². The summed E-state index contributed by atoms with van der Waals surface area (Å²) in [4.78, 5) is 3.61. The molecule has 0 amide bonds. The van der Waals surface area contributed by atoms with Crippen LogP contribution in [0.5, 0.6) is 0 Å². The van der Waals surface area contributed by atoms with Crippen LogP contribution >= 0.6 is 0 Å². The zero-order chi connectivity index (χ0) is 14.0. The first kappa shape index (κ1) is 13.4. The number of imidazole rings is 1. The molecule has 0 unspecified atom stereocenters. The highest BCUT2D eigenvalue weighted by atomic mass is 19.4. The van der Waals surface area contributed by atoms with Crippen molar-refractivity contribution in [3.05, 3.63) is 30.1 Å². The van der Waals surface area contributed by atoms with Crippen LogP contribution in [0.15, 0.2) is 24.3 Å². The molecule has 19 heavy (non-hydrogen) atoms. The van der Waals surface area contributed by atoms with Crippen molar-refractivity contribution >= 4 is 16.9 Å². The molecule has 2 aromatic rings. The molecule has 4 nitrogen and oxygen atoms in total. The maximum atomic E-state index is 12.9. The molecule has 2 rings (SSSR count). The molecule has 0 radical (unpaired) electrons. The van der Waals surface area contributed by atoms with Gasteiger partial charge in [0.15, 0.2) is 5.90 Å². The van der Waals surface area contributed by atoms with Crippen molar-refractivity contribution in [2.45, 2.75) is 19.6 Å². The summed E-state index contributed by atoms with van der Waals surface area (Å²) in [6.45, 7) is 1.42. The maximum absolute atomic E-state index is 12.9. The number of hydrogen-bond donors (Lipinski definition) is 1. The largest absolute Gasteiger partial charge is 0.480 e. The minimum absolute atomic E-state index is 0.00122. The fourth-order valence-electron chi connectivity index (χ4n) is 1.81. The zero-order valence-electron chi connectivity index (χ0n) is 10.2. The third-order valence-electron chi connectivity index (χ3n) is 2.54. The first-order valence-corrected chi connectivity index (χ1v) is 5.60. The van der Waals surface area contributed by atoms with E-state index in [1.165, 1.54) is 13.0 Å². The smallest absolute Gasteiger partial charge is 0.449 e. The van der Waals surface area contributed by atoms with Crippen LogP contribution in [-0.2, 0) is 17.5 Å². The van der Waals surface area contributed by atoms with E-state index < -0.39 is 12.0 Å². The standard InChI is InChI=1S/C12H12F3N3O/c1-8(16)19-7-6-18-10-5-3-2-4-9(10)17-11(18)12(13,14)15/h2-5,16H,6-7H2,1H3. The van der Waals surface area contributed by atoms with Gasteiger partial charge in [0.2, 0.25) is 5.82 Å². The van der Waals surface area contributed by atoms with Gasteiger partial charge in [-0.25, -0.2) is 4.98 Å². The molecule has 0 saturated carbocycles. The monoisotopic (exact) mass is 271 g/mol. The quantitative estimate of drug-likeness (QED) is 0.689. The molecule has 1 heterocycles. The van der Waals surface area contributed by atoms with E-state index in [4.69, 9.17) is 10.1 Å². The Morgan fingerprint density at radius 2 is 2.05 bits per heavy atom. The van der Waals surface area contributed by atoms with Crippen molar-refractivity contribution in [2.75, 3.05) is 6.61 Å². The highest BCUT2D eigenvalue weighted by molar-refractivity contribution is 5.76. The lowest BCUT2D eigenvalue weighted by atomic mass is 10.3. The van der Waals surface area contributed by atoms with Crippen molar-refractivity contribution in [2.24, 2.45) is 0 Å². The van der Waals surface area contributed by atoms with Gasteiger partial charge in [0.1, 0.15) is 6.61 Å². The highest BCUT2D eigenvalue weighted by Crippen LogP contribution is 2.31. The molecule has 0 aliphatic rings. The van der Waals surface area contributed by atoms with E-state index in [-0.39, 0.29) is 19.0 Å². The molecule has 102 valence electrons. The second-order valence-corrected chi connectivity index (χ2v) is 3.98. The van der Waals surface area contributed by atoms with Gasteiger partial charge in [-0.1, -0.05) is 12.1 Å². The Hall–Kier alpha value is -2.05. The summed E-state index contributed by atoms with van der Waals surface area (Å²) < 4.78 is 44.7. The number of hydrogen-bond acceptors (Lipinski definition) is 3. The van der Waals surface area contributed by atoms with E-state index in [9.17, 15) is 13.2 Å². The summed E-state index contributed by atoms with van der Waals surface area (Å²) in [6, 6.07) is 6.40. The Morgan fingerprint density at radius 3 is 2.68 bits per heavy atom. The summed E-state index contributed by atoms with van der Waals surface area (Å²) in [5, 5.41) is 7.09. The fraction of sp³-hybridized carbons (Fsp3) is 0.333. The number of para-hydroxylation sites is 2. The van der Waals surface area contributed by atoms with Crippen LogP contribution in [-0.4, -0.2) is 22.1 Å². The van der Waals surface area contributed by atoms with Gasteiger partial charge in [-0.05, 0) is 12.1 Å². The predicted molar refractivity (Wildman–Crippen MR) is 64.1 cm³/mol. The molecule has 0 spiro atoms. The summed E-state index contributed by atoms with van der Waals surface area (Å²) in [5.41, 5.74) is 0.697. The average Bonchev–Trinajstić information content (AvgIpc) is 2.68. The Labute approximate surface area is 107 Å². The van der Waals surface area contributed by atoms with Crippen molar-refractivity contribution < 1.29 is 17.9 Å². The van der Waals surface area contributed by atoms with Crippen molar-refractivity contribution in [3.8, 4) is 0 Å². The number of alkyl halides is 3. The van der Waals surface area contributed by atoms with Crippen LogP contribution in [0.1, 0.15) is 12.7 Å². The first-order chi connectivity index (χ1) is 8.89. The summed E-state index contributed by atoms with van der Waals surface area (Å²) in [5.74, 6) is -0.974. The molecule has 1 aromatic carbocycles. The fourth-order valence-corrected chi connectivity index (χ4v) is 1.81.